The molecule has 1 aliphatic heterocycles. The first-order valence-electron chi connectivity index (χ1n) is 4.26. The van der Waals surface area contributed by atoms with Gasteiger partial charge in [-0.25, -0.2) is 9.50 Å². The first kappa shape index (κ1) is 7.46. The highest BCUT2D eigenvalue weighted by molar-refractivity contribution is 7.16. The molecule has 13 heavy (non-hydrogen) atoms. The summed E-state index contributed by atoms with van der Waals surface area (Å²) < 4.78 is 7.29. The monoisotopic (exact) mass is 195 g/mol. The third-order valence-corrected chi connectivity index (χ3v) is 3.03. The summed E-state index contributed by atoms with van der Waals surface area (Å²) >= 11 is 1.63. The van der Waals surface area contributed by atoms with E-state index in [2.05, 4.69) is 10.1 Å². The van der Waals surface area contributed by atoms with Crippen molar-refractivity contribution < 1.29 is 4.74 Å². The van der Waals surface area contributed by atoms with Crippen molar-refractivity contribution in [2.45, 2.75) is 20.0 Å². The first-order valence-corrected chi connectivity index (χ1v) is 5.08. The molecular weight excluding hydrogens is 186 g/mol. The van der Waals surface area contributed by atoms with E-state index in [0.717, 1.165) is 34.4 Å². The van der Waals surface area contributed by atoms with Crippen LogP contribution in [0.25, 0.3) is 4.96 Å². The van der Waals surface area contributed by atoms with Gasteiger partial charge in [0.2, 0.25) is 4.96 Å². The second-order valence-electron chi connectivity index (χ2n) is 3.12. The van der Waals surface area contributed by atoms with Crippen molar-refractivity contribution in [3.05, 3.63) is 16.4 Å². The predicted octanol–water partition coefficient (Wildman–Crippen LogP) is 1.17. The standard InChI is InChI=1S/C8H9N3OS/c1-5-10-11-7-4-12-3-2-6(7)9-8(11)13-5/h2-4H2,1H3. The van der Waals surface area contributed by atoms with Gasteiger partial charge in [0, 0.05) is 6.42 Å². The molecule has 1 aliphatic rings. The summed E-state index contributed by atoms with van der Waals surface area (Å²) in [6, 6.07) is 0. The van der Waals surface area contributed by atoms with Gasteiger partial charge in [0.1, 0.15) is 5.01 Å². The zero-order chi connectivity index (χ0) is 8.84. The molecule has 0 unspecified atom stereocenters. The molecule has 0 spiro atoms. The molecule has 0 saturated carbocycles. The predicted molar refractivity (Wildman–Crippen MR) is 49.0 cm³/mol. The van der Waals surface area contributed by atoms with Gasteiger partial charge >= 0.3 is 0 Å². The van der Waals surface area contributed by atoms with Crippen LogP contribution >= 0.6 is 11.3 Å². The average molecular weight is 195 g/mol. The average Bonchev–Trinajstić information content (AvgIpc) is 2.60. The van der Waals surface area contributed by atoms with E-state index >= 15 is 0 Å². The van der Waals surface area contributed by atoms with Crippen LogP contribution in [-0.2, 0) is 17.8 Å². The van der Waals surface area contributed by atoms with Crippen molar-refractivity contribution in [3.8, 4) is 0 Å². The Kier molecular flexibility index (Phi) is 1.45. The highest BCUT2D eigenvalue weighted by Crippen LogP contribution is 2.21. The number of aromatic nitrogens is 3. The van der Waals surface area contributed by atoms with Crippen LogP contribution in [0.15, 0.2) is 0 Å². The fraction of sp³-hybridized carbons (Fsp3) is 0.500. The molecule has 0 aromatic carbocycles. The van der Waals surface area contributed by atoms with Crippen LogP contribution in [0.4, 0.5) is 0 Å². The van der Waals surface area contributed by atoms with Gasteiger partial charge in [-0.1, -0.05) is 11.3 Å². The third kappa shape index (κ3) is 1.00. The van der Waals surface area contributed by atoms with Gasteiger partial charge in [-0.2, -0.15) is 5.10 Å². The van der Waals surface area contributed by atoms with Gasteiger partial charge in [0.25, 0.3) is 0 Å². The smallest absolute Gasteiger partial charge is 0.212 e. The van der Waals surface area contributed by atoms with Crippen molar-refractivity contribution in [2.24, 2.45) is 0 Å². The maximum absolute atomic E-state index is 5.38. The number of nitrogens with zero attached hydrogens (tertiary/aromatic N) is 3. The molecule has 0 aliphatic carbocycles. The van der Waals surface area contributed by atoms with E-state index in [-0.39, 0.29) is 0 Å². The molecule has 2 aromatic rings. The van der Waals surface area contributed by atoms with Crippen LogP contribution in [0.1, 0.15) is 16.4 Å². The van der Waals surface area contributed by atoms with Crippen molar-refractivity contribution in [1.29, 1.82) is 0 Å². The van der Waals surface area contributed by atoms with E-state index < -0.39 is 0 Å². The molecule has 5 heteroatoms. The number of aryl methyl sites for hydroxylation is 1. The van der Waals surface area contributed by atoms with E-state index in [0.29, 0.717) is 6.61 Å². The van der Waals surface area contributed by atoms with Crippen molar-refractivity contribution >= 4 is 16.3 Å². The molecule has 0 radical (unpaired) electrons. The van der Waals surface area contributed by atoms with Gasteiger partial charge in [-0.3, -0.25) is 0 Å². The lowest BCUT2D eigenvalue weighted by Gasteiger charge is -2.09. The fourth-order valence-electron chi connectivity index (χ4n) is 1.61. The normalized spacial score (nSPS) is 16.4. The minimum Gasteiger partial charge on any atom is -0.375 e. The van der Waals surface area contributed by atoms with Gasteiger partial charge in [-0.15, -0.1) is 0 Å². The van der Waals surface area contributed by atoms with E-state index in [9.17, 15) is 0 Å². The summed E-state index contributed by atoms with van der Waals surface area (Å²) in [6.45, 7) is 3.44. The fourth-order valence-corrected chi connectivity index (χ4v) is 2.39. The first-order chi connectivity index (χ1) is 6.34. The van der Waals surface area contributed by atoms with E-state index in [4.69, 9.17) is 4.74 Å². The highest BCUT2D eigenvalue weighted by atomic mass is 32.1. The topological polar surface area (TPSA) is 39.4 Å². The van der Waals surface area contributed by atoms with Crippen molar-refractivity contribution in [2.75, 3.05) is 6.61 Å². The summed E-state index contributed by atoms with van der Waals surface area (Å²) in [5.41, 5.74) is 2.29. The molecule has 4 nitrogen and oxygen atoms in total. The maximum Gasteiger partial charge on any atom is 0.212 e. The Morgan fingerprint density at radius 3 is 3.38 bits per heavy atom. The van der Waals surface area contributed by atoms with Crippen LogP contribution in [0.3, 0.4) is 0 Å². The minimum absolute atomic E-state index is 0.652. The van der Waals surface area contributed by atoms with Crippen LogP contribution < -0.4 is 0 Å². The zero-order valence-corrected chi connectivity index (χ0v) is 8.10. The van der Waals surface area contributed by atoms with Crippen LogP contribution in [0.5, 0.6) is 0 Å². The second-order valence-corrected chi connectivity index (χ2v) is 4.28. The van der Waals surface area contributed by atoms with E-state index in [1.165, 1.54) is 0 Å². The number of imidazole rings is 1. The molecule has 3 heterocycles. The zero-order valence-electron chi connectivity index (χ0n) is 7.28. The van der Waals surface area contributed by atoms with Gasteiger partial charge < -0.3 is 4.74 Å². The lowest BCUT2D eigenvalue weighted by molar-refractivity contribution is 0.105. The largest absolute Gasteiger partial charge is 0.375 e. The Bertz CT molecular complexity index is 459. The van der Waals surface area contributed by atoms with Crippen molar-refractivity contribution in [1.82, 2.24) is 14.6 Å². The second kappa shape index (κ2) is 2.52. The van der Waals surface area contributed by atoms with Crippen LogP contribution in [-0.4, -0.2) is 21.2 Å². The van der Waals surface area contributed by atoms with E-state index in [1.807, 2.05) is 11.4 Å². The van der Waals surface area contributed by atoms with Crippen molar-refractivity contribution in [3.63, 3.8) is 0 Å². The number of hydrogen-bond acceptors (Lipinski definition) is 4. The number of fused-ring (bicyclic) bond motifs is 3. The Hall–Kier alpha value is -0.940. The van der Waals surface area contributed by atoms with Gasteiger partial charge in [0.15, 0.2) is 0 Å². The lowest BCUT2D eigenvalue weighted by Crippen LogP contribution is -2.11. The van der Waals surface area contributed by atoms with Crippen LogP contribution in [0, 0.1) is 6.92 Å². The Balaban J connectivity index is 2.30. The maximum atomic E-state index is 5.38. The van der Waals surface area contributed by atoms with Gasteiger partial charge in [-0.05, 0) is 6.92 Å². The molecule has 0 fully saturated rings. The molecule has 0 amide bonds. The van der Waals surface area contributed by atoms with Gasteiger partial charge in [0.05, 0.1) is 24.6 Å². The Morgan fingerprint density at radius 2 is 2.46 bits per heavy atom. The number of hydrogen-bond donors (Lipinski definition) is 0. The molecule has 2 aromatic heterocycles. The molecular formula is C8H9N3OS. The molecule has 0 saturated heterocycles. The summed E-state index contributed by atoms with van der Waals surface area (Å²) in [5, 5.41) is 5.43. The lowest BCUT2D eigenvalue weighted by atomic mass is 10.2. The summed E-state index contributed by atoms with van der Waals surface area (Å²) in [6.07, 6.45) is 0.921. The molecule has 0 atom stereocenters. The molecule has 3 rings (SSSR count). The quantitative estimate of drug-likeness (QED) is 0.633. The summed E-state index contributed by atoms with van der Waals surface area (Å²) in [7, 11) is 0. The summed E-state index contributed by atoms with van der Waals surface area (Å²) in [5.74, 6) is 0. The molecule has 0 bridgehead atoms. The van der Waals surface area contributed by atoms with E-state index in [1.54, 1.807) is 11.3 Å². The molecule has 0 N–H and O–H groups in total. The van der Waals surface area contributed by atoms with Crippen LogP contribution in [0.2, 0.25) is 0 Å². The Morgan fingerprint density at radius 1 is 1.54 bits per heavy atom. The third-order valence-electron chi connectivity index (χ3n) is 2.20. The summed E-state index contributed by atoms with van der Waals surface area (Å²) in [4.78, 5) is 5.51. The molecule has 68 valence electrons. The highest BCUT2D eigenvalue weighted by Gasteiger charge is 2.18. The number of ether oxygens (including phenoxy) is 1. The Labute approximate surface area is 79.2 Å². The number of rotatable bonds is 0. The SMILES string of the molecule is Cc1nn2c3c(nc2s1)CCOC3. The minimum atomic E-state index is 0.652.